The Morgan fingerprint density at radius 1 is 1.25 bits per heavy atom. The van der Waals surface area contributed by atoms with Gasteiger partial charge in [0.2, 0.25) is 0 Å². The fraction of sp³-hybridized carbons (Fsp3) is 0.824. The second-order valence-electron chi connectivity index (χ2n) is 5.72. The first-order valence-corrected chi connectivity index (χ1v) is 8.43. The molecule has 0 amide bonds. The lowest BCUT2D eigenvalue weighted by Gasteiger charge is -2.23. The van der Waals surface area contributed by atoms with Gasteiger partial charge >= 0.3 is 0 Å². The van der Waals surface area contributed by atoms with Gasteiger partial charge in [-0.05, 0) is 38.8 Å². The molecule has 0 radical (unpaired) electrons. The van der Waals surface area contributed by atoms with Crippen LogP contribution in [-0.2, 0) is 13.0 Å². The molecule has 3 nitrogen and oxygen atoms in total. The van der Waals surface area contributed by atoms with E-state index in [1.54, 1.807) is 0 Å². The van der Waals surface area contributed by atoms with Gasteiger partial charge in [0.15, 0.2) is 0 Å². The van der Waals surface area contributed by atoms with Crippen LogP contribution in [0.1, 0.15) is 77.2 Å². The molecule has 0 aliphatic heterocycles. The fourth-order valence-corrected chi connectivity index (χ4v) is 2.89. The summed E-state index contributed by atoms with van der Waals surface area (Å²) in [5.41, 5.74) is 2.57. The van der Waals surface area contributed by atoms with Crippen molar-refractivity contribution in [1.82, 2.24) is 15.1 Å². The topological polar surface area (TPSA) is 29.9 Å². The van der Waals surface area contributed by atoms with Gasteiger partial charge in [0.1, 0.15) is 0 Å². The Labute approximate surface area is 125 Å². The predicted molar refractivity (Wildman–Crippen MR) is 87.0 cm³/mol. The van der Waals surface area contributed by atoms with Gasteiger partial charge in [0, 0.05) is 12.6 Å². The van der Waals surface area contributed by atoms with Gasteiger partial charge in [0.25, 0.3) is 0 Å². The second kappa shape index (κ2) is 9.17. The van der Waals surface area contributed by atoms with Gasteiger partial charge in [-0.25, -0.2) is 0 Å². The first kappa shape index (κ1) is 17.2. The summed E-state index contributed by atoms with van der Waals surface area (Å²) in [7, 11) is 2.08. The van der Waals surface area contributed by atoms with Crippen molar-refractivity contribution in [2.45, 2.75) is 78.8 Å². The molecule has 1 N–H and O–H groups in total. The van der Waals surface area contributed by atoms with Crippen LogP contribution in [0.25, 0.3) is 0 Å². The molecule has 1 rings (SSSR count). The molecule has 1 aromatic heterocycles. The summed E-state index contributed by atoms with van der Waals surface area (Å²) in [6, 6.07) is 2.72. The largest absolute Gasteiger partial charge is 0.312 e. The van der Waals surface area contributed by atoms with E-state index < -0.39 is 0 Å². The van der Waals surface area contributed by atoms with E-state index in [-0.39, 0.29) is 0 Å². The number of hydrogen-bond donors (Lipinski definition) is 1. The quantitative estimate of drug-likeness (QED) is 0.691. The van der Waals surface area contributed by atoms with E-state index in [1.807, 2.05) is 0 Å². The third-order valence-corrected chi connectivity index (χ3v) is 4.34. The summed E-state index contributed by atoms with van der Waals surface area (Å²) in [5, 5.41) is 8.20. The van der Waals surface area contributed by atoms with Crippen molar-refractivity contribution in [3.8, 4) is 0 Å². The number of aryl methyl sites for hydroxylation is 2. The molecule has 0 saturated carbocycles. The van der Waals surface area contributed by atoms with Crippen molar-refractivity contribution in [1.29, 1.82) is 0 Å². The number of nitrogens with one attached hydrogen (secondary N) is 1. The fourth-order valence-electron chi connectivity index (χ4n) is 2.89. The lowest BCUT2D eigenvalue weighted by Crippen LogP contribution is -2.23. The van der Waals surface area contributed by atoms with Gasteiger partial charge < -0.3 is 5.32 Å². The Morgan fingerprint density at radius 2 is 2.00 bits per heavy atom. The summed E-state index contributed by atoms with van der Waals surface area (Å²) >= 11 is 0. The molecule has 0 spiro atoms. The SMILES string of the molecule is CCCCC(CC)CC(NC)c1cc(CC)nn1CC. The zero-order valence-electron chi connectivity index (χ0n) is 14.1. The van der Waals surface area contributed by atoms with Gasteiger partial charge in [-0.3, -0.25) is 4.68 Å². The van der Waals surface area contributed by atoms with E-state index in [1.165, 1.54) is 43.5 Å². The first-order valence-electron chi connectivity index (χ1n) is 8.43. The first-order chi connectivity index (χ1) is 9.69. The van der Waals surface area contributed by atoms with Gasteiger partial charge in [-0.15, -0.1) is 0 Å². The third-order valence-electron chi connectivity index (χ3n) is 4.34. The average Bonchev–Trinajstić information content (AvgIpc) is 2.91. The van der Waals surface area contributed by atoms with E-state index in [0.29, 0.717) is 6.04 Å². The molecule has 0 aliphatic carbocycles. The van der Waals surface area contributed by atoms with Crippen LogP contribution < -0.4 is 5.32 Å². The van der Waals surface area contributed by atoms with Crippen LogP contribution in [0.15, 0.2) is 6.07 Å². The molecule has 0 aromatic carbocycles. The normalized spacial score (nSPS) is 14.4. The molecule has 0 aliphatic rings. The molecule has 2 atom stereocenters. The molecular formula is C17H33N3. The molecule has 116 valence electrons. The van der Waals surface area contributed by atoms with E-state index in [0.717, 1.165) is 18.9 Å². The highest BCUT2D eigenvalue weighted by Crippen LogP contribution is 2.27. The standard InChI is InChI=1S/C17H33N3/c1-6-10-11-14(7-2)12-16(18-5)17-13-15(8-3)19-20(17)9-4/h13-14,16,18H,6-12H2,1-5H3. The van der Waals surface area contributed by atoms with Crippen molar-refractivity contribution in [3.05, 3.63) is 17.5 Å². The Kier molecular flexibility index (Phi) is 7.90. The lowest BCUT2D eigenvalue weighted by atomic mass is 9.91. The Balaban J connectivity index is 2.80. The zero-order valence-corrected chi connectivity index (χ0v) is 14.1. The average molecular weight is 279 g/mol. The minimum atomic E-state index is 0.435. The maximum absolute atomic E-state index is 4.69. The number of unbranched alkanes of at least 4 members (excludes halogenated alkanes) is 1. The van der Waals surface area contributed by atoms with Crippen molar-refractivity contribution >= 4 is 0 Å². The highest BCUT2D eigenvalue weighted by molar-refractivity contribution is 5.14. The van der Waals surface area contributed by atoms with Crippen molar-refractivity contribution < 1.29 is 0 Å². The van der Waals surface area contributed by atoms with Crippen LogP contribution >= 0.6 is 0 Å². The van der Waals surface area contributed by atoms with Crippen LogP contribution in [-0.4, -0.2) is 16.8 Å². The lowest BCUT2D eigenvalue weighted by molar-refractivity contribution is 0.352. The summed E-state index contributed by atoms with van der Waals surface area (Å²) in [4.78, 5) is 0. The van der Waals surface area contributed by atoms with Crippen LogP contribution in [0.5, 0.6) is 0 Å². The van der Waals surface area contributed by atoms with E-state index in [9.17, 15) is 0 Å². The molecule has 20 heavy (non-hydrogen) atoms. The minimum absolute atomic E-state index is 0.435. The Bertz CT molecular complexity index is 370. The molecular weight excluding hydrogens is 246 g/mol. The summed E-state index contributed by atoms with van der Waals surface area (Å²) < 4.78 is 2.17. The van der Waals surface area contributed by atoms with Gasteiger partial charge in [-0.2, -0.15) is 5.10 Å². The highest BCUT2D eigenvalue weighted by Gasteiger charge is 2.19. The molecule has 0 bridgehead atoms. The molecule has 0 saturated heterocycles. The third kappa shape index (κ3) is 4.62. The van der Waals surface area contributed by atoms with Crippen LogP contribution in [0, 0.1) is 5.92 Å². The van der Waals surface area contributed by atoms with Crippen molar-refractivity contribution in [3.63, 3.8) is 0 Å². The van der Waals surface area contributed by atoms with Gasteiger partial charge in [0.05, 0.1) is 11.4 Å². The Morgan fingerprint density at radius 3 is 2.50 bits per heavy atom. The highest BCUT2D eigenvalue weighted by atomic mass is 15.3. The molecule has 1 aromatic rings. The predicted octanol–water partition coefficient (Wildman–Crippen LogP) is 4.33. The maximum atomic E-state index is 4.69. The number of nitrogens with zero attached hydrogens (tertiary/aromatic N) is 2. The molecule has 0 fully saturated rings. The monoisotopic (exact) mass is 279 g/mol. The van der Waals surface area contributed by atoms with Crippen molar-refractivity contribution in [2.75, 3.05) is 7.05 Å². The van der Waals surface area contributed by atoms with Crippen molar-refractivity contribution in [2.24, 2.45) is 5.92 Å². The van der Waals surface area contributed by atoms with Crippen LogP contribution in [0.3, 0.4) is 0 Å². The number of rotatable bonds is 10. The molecule has 2 unspecified atom stereocenters. The van der Waals surface area contributed by atoms with E-state index in [4.69, 9.17) is 0 Å². The smallest absolute Gasteiger partial charge is 0.0625 e. The zero-order chi connectivity index (χ0) is 15.0. The summed E-state index contributed by atoms with van der Waals surface area (Å²) in [5.74, 6) is 0.817. The molecule has 3 heteroatoms. The Hall–Kier alpha value is -0.830. The summed E-state index contributed by atoms with van der Waals surface area (Å²) in [6.45, 7) is 9.91. The molecule has 1 heterocycles. The van der Waals surface area contributed by atoms with Crippen LogP contribution in [0.2, 0.25) is 0 Å². The van der Waals surface area contributed by atoms with E-state index in [2.05, 4.69) is 55.9 Å². The number of aromatic nitrogens is 2. The van der Waals surface area contributed by atoms with Gasteiger partial charge in [-0.1, -0.05) is 46.5 Å². The minimum Gasteiger partial charge on any atom is -0.312 e. The maximum Gasteiger partial charge on any atom is 0.0625 e. The summed E-state index contributed by atoms with van der Waals surface area (Å²) in [6.07, 6.45) is 7.52. The van der Waals surface area contributed by atoms with Crippen LogP contribution in [0.4, 0.5) is 0 Å². The number of hydrogen-bond acceptors (Lipinski definition) is 2. The van der Waals surface area contributed by atoms with E-state index >= 15 is 0 Å². The second-order valence-corrected chi connectivity index (χ2v) is 5.72.